The van der Waals surface area contributed by atoms with Gasteiger partial charge < -0.3 is 15.7 Å². The lowest BCUT2D eigenvalue weighted by atomic mass is 10.0. The van der Waals surface area contributed by atoms with Crippen molar-refractivity contribution in [3.05, 3.63) is 23.9 Å². The summed E-state index contributed by atoms with van der Waals surface area (Å²) in [5, 5.41) is 13.7. The zero-order chi connectivity index (χ0) is 20.2. The van der Waals surface area contributed by atoms with Crippen LogP contribution in [-0.2, 0) is 4.79 Å². The first-order chi connectivity index (χ1) is 12.6. The first-order valence-electron chi connectivity index (χ1n) is 8.12. The molecule has 1 aliphatic rings. The molecule has 27 heavy (non-hydrogen) atoms. The second kappa shape index (κ2) is 8.42. The van der Waals surface area contributed by atoms with Gasteiger partial charge in [0.15, 0.2) is 17.5 Å². The summed E-state index contributed by atoms with van der Waals surface area (Å²) >= 11 is 0. The van der Waals surface area contributed by atoms with Crippen molar-refractivity contribution < 1.29 is 27.5 Å². The number of rotatable bonds is 6. The van der Waals surface area contributed by atoms with Crippen LogP contribution in [0.2, 0.25) is 0 Å². The van der Waals surface area contributed by atoms with Crippen LogP contribution in [0.3, 0.4) is 0 Å². The standard InChI is InChI=1S/C16H19F4N5O2/c1-8(2)12(15(27)23-7-16(18,19)20)24-14-10(17)6-22-13(25-14)9-3-4-11(26)21-5-9/h3,5-6,8,11-12,26H,4,7H2,1-2H3,(H,23,27)(H,22,24,25)/t11?,12-/m1/s1. The van der Waals surface area contributed by atoms with Gasteiger partial charge in [-0.25, -0.2) is 14.4 Å². The Morgan fingerprint density at radius 2 is 2.11 bits per heavy atom. The molecule has 0 aliphatic carbocycles. The number of nitrogens with one attached hydrogen (secondary N) is 2. The summed E-state index contributed by atoms with van der Waals surface area (Å²) in [5.74, 6) is -2.44. The average molecular weight is 389 g/mol. The van der Waals surface area contributed by atoms with Crippen LogP contribution < -0.4 is 10.6 Å². The van der Waals surface area contributed by atoms with Gasteiger partial charge in [0, 0.05) is 18.2 Å². The number of carbonyl (C=O) groups is 1. The summed E-state index contributed by atoms with van der Waals surface area (Å²) in [6, 6.07) is -1.14. The average Bonchev–Trinajstić information content (AvgIpc) is 2.59. The van der Waals surface area contributed by atoms with E-state index in [-0.39, 0.29) is 18.1 Å². The smallest absolute Gasteiger partial charge is 0.371 e. The topological polar surface area (TPSA) is 99.5 Å². The van der Waals surface area contributed by atoms with Gasteiger partial charge >= 0.3 is 6.18 Å². The highest BCUT2D eigenvalue weighted by Gasteiger charge is 2.31. The molecule has 0 radical (unpaired) electrons. The molecule has 2 atom stereocenters. The van der Waals surface area contributed by atoms with Gasteiger partial charge in [0.05, 0.1) is 6.20 Å². The normalized spacial score (nSPS) is 18.2. The molecule has 0 spiro atoms. The summed E-state index contributed by atoms with van der Waals surface area (Å²) < 4.78 is 51.0. The summed E-state index contributed by atoms with van der Waals surface area (Å²) in [6.45, 7) is 1.71. The highest BCUT2D eigenvalue weighted by Crippen LogP contribution is 2.20. The molecular formula is C16H19F4N5O2. The van der Waals surface area contributed by atoms with Gasteiger partial charge in [-0.1, -0.05) is 19.9 Å². The minimum atomic E-state index is -4.55. The highest BCUT2D eigenvalue weighted by atomic mass is 19.4. The fraction of sp³-hybridized carbons (Fsp3) is 0.500. The molecule has 148 valence electrons. The Bertz CT molecular complexity index is 749. The van der Waals surface area contributed by atoms with Crippen LogP contribution in [0.5, 0.6) is 0 Å². The quantitative estimate of drug-likeness (QED) is 0.646. The molecule has 1 aromatic heterocycles. The lowest BCUT2D eigenvalue weighted by Crippen LogP contribution is -2.46. The molecular weight excluding hydrogens is 370 g/mol. The van der Waals surface area contributed by atoms with Crippen LogP contribution in [0.15, 0.2) is 17.3 Å². The largest absolute Gasteiger partial charge is 0.405 e. The summed E-state index contributed by atoms with van der Waals surface area (Å²) in [7, 11) is 0. The Labute approximate surface area is 152 Å². The number of aliphatic imine (C=N–C) groups is 1. The van der Waals surface area contributed by atoms with Crippen LogP contribution in [0.4, 0.5) is 23.4 Å². The second-order valence-corrected chi connectivity index (χ2v) is 6.24. The monoisotopic (exact) mass is 389 g/mol. The third kappa shape index (κ3) is 5.98. The van der Waals surface area contributed by atoms with Crippen molar-refractivity contribution in [3.63, 3.8) is 0 Å². The maximum Gasteiger partial charge on any atom is 0.405 e. The van der Waals surface area contributed by atoms with Crippen LogP contribution >= 0.6 is 0 Å². The van der Waals surface area contributed by atoms with Gasteiger partial charge in [-0.15, -0.1) is 0 Å². The van der Waals surface area contributed by atoms with E-state index in [2.05, 4.69) is 20.3 Å². The van der Waals surface area contributed by atoms with Gasteiger partial charge in [0.1, 0.15) is 18.8 Å². The minimum absolute atomic E-state index is 0.104. The fourth-order valence-electron chi connectivity index (χ4n) is 2.25. The molecule has 0 saturated heterocycles. The molecule has 1 aromatic rings. The maximum atomic E-state index is 14.1. The highest BCUT2D eigenvalue weighted by molar-refractivity contribution is 6.08. The van der Waals surface area contributed by atoms with Crippen molar-refractivity contribution in [2.45, 2.75) is 38.7 Å². The number of hydrogen-bond acceptors (Lipinski definition) is 6. The third-order valence-corrected chi connectivity index (χ3v) is 3.64. The van der Waals surface area contributed by atoms with Crippen molar-refractivity contribution in [2.75, 3.05) is 11.9 Å². The van der Waals surface area contributed by atoms with E-state index < -0.39 is 42.6 Å². The van der Waals surface area contributed by atoms with Gasteiger partial charge in [-0.3, -0.25) is 9.79 Å². The number of hydrogen-bond donors (Lipinski definition) is 3. The molecule has 2 heterocycles. The number of nitrogens with zero attached hydrogens (tertiary/aromatic N) is 3. The maximum absolute atomic E-state index is 14.1. The van der Waals surface area contributed by atoms with Crippen LogP contribution in [0.1, 0.15) is 26.1 Å². The number of dihydropyridines is 1. The molecule has 0 fully saturated rings. The van der Waals surface area contributed by atoms with Gasteiger partial charge in [0.2, 0.25) is 5.91 Å². The molecule has 7 nitrogen and oxygen atoms in total. The fourth-order valence-corrected chi connectivity index (χ4v) is 2.25. The molecule has 11 heteroatoms. The summed E-state index contributed by atoms with van der Waals surface area (Å²) in [4.78, 5) is 23.7. The van der Waals surface area contributed by atoms with E-state index in [1.165, 1.54) is 6.21 Å². The minimum Gasteiger partial charge on any atom is -0.371 e. The molecule has 0 bridgehead atoms. The lowest BCUT2D eigenvalue weighted by molar-refractivity contribution is -0.139. The van der Waals surface area contributed by atoms with Crippen molar-refractivity contribution in [2.24, 2.45) is 10.9 Å². The van der Waals surface area contributed by atoms with E-state index in [0.717, 1.165) is 6.20 Å². The number of halogens is 4. The van der Waals surface area contributed by atoms with Gasteiger partial charge in [-0.2, -0.15) is 13.2 Å². The van der Waals surface area contributed by atoms with E-state index in [4.69, 9.17) is 0 Å². The Balaban J connectivity index is 2.19. The number of amides is 1. The first kappa shape index (κ1) is 20.7. The number of aliphatic hydroxyl groups is 1. The predicted molar refractivity (Wildman–Crippen MR) is 90.4 cm³/mol. The Kier molecular flexibility index (Phi) is 6.47. The van der Waals surface area contributed by atoms with Crippen LogP contribution in [-0.4, -0.2) is 52.2 Å². The van der Waals surface area contributed by atoms with Crippen molar-refractivity contribution >= 4 is 23.5 Å². The SMILES string of the molecule is CC(C)[C@@H](Nc1nc(C2=CCC(O)N=C2)ncc1F)C(=O)NCC(F)(F)F. The first-order valence-corrected chi connectivity index (χ1v) is 8.12. The Hall–Kier alpha value is -2.56. The van der Waals surface area contributed by atoms with Crippen molar-refractivity contribution in [3.8, 4) is 0 Å². The van der Waals surface area contributed by atoms with Gasteiger partial charge in [0.25, 0.3) is 0 Å². The zero-order valence-corrected chi connectivity index (χ0v) is 14.6. The van der Waals surface area contributed by atoms with Crippen molar-refractivity contribution in [1.82, 2.24) is 15.3 Å². The number of aliphatic hydroxyl groups excluding tert-OH is 1. The number of allylic oxidation sites excluding steroid dienone is 1. The van der Waals surface area contributed by atoms with E-state index in [1.807, 2.05) is 0 Å². The molecule has 0 aromatic carbocycles. The molecule has 2 rings (SSSR count). The number of alkyl halides is 3. The lowest BCUT2D eigenvalue weighted by Gasteiger charge is -2.23. The van der Waals surface area contributed by atoms with E-state index in [0.29, 0.717) is 5.57 Å². The van der Waals surface area contributed by atoms with Crippen molar-refractivity contribution in [1.29, 1.82) is 0 Å². The van der Waals surface area contributed by atoms with E-state index in [9.17, 15) is 27.5 Å². The zero-order valence-electron chi connectivity index (χ0n) is 14.6. The summed E-state index contributed by atoms with van der Waals surface area (Å²) in [5.41, 5.74) is 0.450. The Morgan fingerprint density at radius 1 is 1.41 bits per heavy atom. The second-order valence-electron chi connectivity index (χ2n) is 6.24. The third-order valence-electron chi connectivity index (χ3n) is 3.64. The Morgan fingerprint density at radius 3 is 2.67 bits per heavy atom. The molecule has 1 amide bonds. The molecule has 3 N–H and O–H groups in total. The van der Waals surface area contributed by atoms with Gasteiger partial charge in [-0.05, 0) is 5.92 Å². The number of carbonyl (C=O) groups excluding carboxylic acids is 1. The number of anilines is 1. The van der Waals surface area contributed by atoms with Crippen LogP contribution in [0, 0.1) is 11.7 Å². The number of aromatic nitrogens is 2. The molecule has 1 unspecified atom stereocenters. The summed E-state index contributed by atoms with van der Waals surface area (Å²) in [6.07, 6.45) is -1.35. The predicted octanol–water partition coefficient (Wildman–Crippen LogP) is 1.91. The van der Waals surface area contributed by atoms with E-state index >= 15 is 0 Å². The molecule has 1 aliphatic heterocycles. The molecule has 0 saturated carbocycles. The van der Waals surface area contributed by atoms with E-state index in [1.54, 1.807) is 25.2 Å². The van der Waals surface area contributed by atoms with Crippen LogP contribution in [0.25, 0.3) is 5.57 Å².